The predicted molar refractivity (Wildman–Crippen MR) is 161 cm³/mol. The number of hydrogen-bond acceptors (Lipinski definition) is 6. The third-order valence-corrected chi connectivity index (χ3v) is 6.56. The van der Waals surface area contributed by atoms with Gasteiger partial charge in [-0.1, -0.05) is 81.1 Å². The van der Waals surface area contributed by atoms with Gasteiger partial charge in [0, 0.05) is 25.1 Å². The average Bonchev–Trinajstić information content (AvgIpc) is 2.93. The average molecular weight is 583 g/mol. The molecule has 10 heteroatoms. The van der Waals surface area contributed by atoms with Gasteiger partial charge in [-0.05, 0) is 45.2 Å². The van der Waals surface area contributed by atoms with Crippen LogP contribution in [0, 0.1) is 0 Å². The van der Waals surface area contributed by atoms with Crippen molar-refractivity contribution in [3.8, 4) is 5.75 Å². The molecule has 42 heavy (non-hydrogen) atoms. The van der Waals surface area contributed by atoms with Crippen molar-refractivity contribution in [2.45, 2.75) is 96.9 Å². The lowest BCUT2D eigenvalue weighted by atomic mass is 9.99. The SMILES string of the molecule is CCCCCCCN(C(=O)C(CCC(N)=O)NC(=O)OC(C)(C)C)C(C(=O)NCc1ccccc1)c1ccccc1O. The largest absolute Gasteiger partial charge is 0.508 e. The monoisotopic (exact) mass is 582 g/mol. The van der Waals surface area contributed by atoms with E-state index >= 15 is 0 Å². The van der Waals surface area contributed by atoms with Crippen LogP contribution >= 0.6 is 0 Å². The number of para-hydroxylation sites is 1. The summed E-state index contributed by atoms with van der Waals surface area (Å²) in [6.45, 7) is 7.59. The van der Waals surface area contributed by atoms with Crippen LogP contribution in [0.5, 0.6) is 5.75 Å². The van der Waals surface area contributed by atoms with Crippen molar-refractivity contribution in [1.29, 1.82) is 0 Å². The third-order valence-electron chi connectivity index (χ3n) is 6.56. The number of carbonyl (C=O) groups excluding carboxylic acids is 4. The molecule has 2 aromatic carbocycles. The highest BCUT2D eigenvalue weighted by molar-refractivity contribution is 5.92. The number of hydrogen-bond donors (Lipinski definition) is 4. The number of nitrogens with two attached hydrogens (primary N) is 1. The van der Waals surface area contributed by atoms with Crippen LogP contribution in [0.25, 0.3) is 0 Å². The molecule has 0 saturated heterocycles. The summed E-state index contributed by atoms with van der Waals surface area (Å²) in [5.74, 6) is -1.86. The summed E-state index contributed by atoms with van der Waals surface area (Å²) in [4.78, 5) is 53.8. The Bertz CT molecular complexity index is 1170. The first-order valence-electron chi connectivity index (χ1n) is 14.6. The van der Waals surface area contributed by atoms with Gasteiger partial charge in [-0.25, -0.2) is 4.79 Å². The summed E-state index contributed by atoms with van der Waals surface area (Å²) in [5.41, 5.74) is 5.67. The fourth-order valence-corrected chi connectivity index (χ4v) is 4.50. The highest BCUT2D eigenvalue weighted by atomic mass is 16.6. The Hall–Kier alpha value is -4.08. The van der Waals surface area contributed by atoms with Crippen LogP contribution in [0.4, 0.5) is 4.79 Å². The van der Waals surface area contributed by atoms with Crippen molar-refractivity contribution in [3.63, 3.8) is 0 Å². The molecule has 2 aromatic rings. The van der Waals surface area contributed by atoms with E-state index in [2.05, 4.69) is 17.6 Å². The van der Waals surface area contributed by atoms with Gasteiger partial charge in [0.25, 0.3) is 0 Å². The van der Waals surface area contributed by atoms with Crippen molar-refractivity contribution < 1.29 is 29.0 Å². The van der Waals surface area contributed by atoms with Gasteiger partial charge in [0.05, 0.1) is 0 Å². The third kappa shape index (κ3) is 11.8. The van der Waals surface area contributed by atoms with Crippen LogP contribution in [0.1, 0.15) is 89.8 Å². The number of phenolic OH excluding ortho intramolecular Hbond substituents is 1. The zero-order valence-electron chi connectivity index (χ0n) is 25.2. The zero-order valence-corrected chi connectivity index (χ0v) is 25.2. The molecule has 2 atom stereocenters. The summed E-state index contributed by atoms with van der Waals surface area (Å²) in [5, 5.41) is 16.3. The van der Waals surface area contributed by atoms with Crippen molar-refractivity contribution in [1.82, 2.24) is 15.5 Å². The number of phenols is 1. The molecule has 0 heterocycles. The van der Waals surface area contributed by atoms with E-state index in [0.29, 0.717) is 6.42 Å². The number of alkyl carbamates (subject to hydrolysis) is 1. The summed E-state index contributed by atoms with van der Waals surface area (Å²) in [6, 6.07) is 13.3. The highest BCUT2D eigenvalue weighted by Crippen LogP contribution is 2.30. The molecule has 0 radical (unpaired) electrons. The van der Waals surface area contributed by atoms with Gasteiger partial charge in [0.2, 0.25) is 17.7 Å². The first kappa shape index (κ1) is 34.1. The molecule has 0 aliphatic heterocycles. The van der Waals surface area contributed by atoms with Crippen LogP contribution in [-0.2, 0) is 25.7 Å². The molecule has 0 aromatic heterocycles. The molecule has 0 aliphatic carbocycles. The number of amides is 4. The molecule has 230 valence electrons. The van der Waals surface area contributed by atoms with E-state index in [9.17, 15) is 24.3 Å². The fraction of sp³-hybridized carbons (Fsp3) is 0.500. The summed E-state index contributed by atoms with van der Waals surface area (Å²) in [7, 11) is 0. The number of nitrogens with zero attached hydrogens (tertiary/aromatic N) is 1. The van der Waals surface area contributed by atoms with Crippen LogP contribution in [-0.4, -0.2) is 52.0 Å². The molecule has 0 fully saturated rings. The van der Waals surface area contributed by atoms with Crippen molar-refractivity contribution in [2.75, 3.05) is 6.54 Å². The van der Waals surface area contributed by atoms with Crippen molar-refractivity contribution in [3.05, 3.63) is 65.7 Å². The molecule has 0 aliphatic rings. The molecule has 0 bridgehead atoms. The van der Waals surface area contributed by atoms with Crippen LogP contribution in [0.2, 0.25) is 0 Å². The Morgan fingerprint density at radius 2 is 1.60 bits per heavy atom. The minimum Gasteiger partial charge on any atom is -0.508 e. The Labute approximate surface area is 249 Å². The highest BCUT2D eigenvalue weighted by Gasteiger charge is 2.37. The predicted octanol–water partition coefficient (Wildman–Crippen LogP) is 4.71. The number of primary amides is 1. The Kier molecular flexibility index (Phi) is 13.8. The maximum atomic E-state index is 14.2. The van der Waals surface area contributed by atoms with Crippen LogP contribution < -0.4 is 16.4 Å². The lowest BCUT2D eigenvalue weighted by molar-refractivity contribution is -0.143. The second-order valence-corrected chi connectivity index (χ2v) is 11.3. The molecule has 2 rings (SSSR count). The number of unbranched alkanes of at least 4 members (excludes halogenated alkanes) is 4. The van der Waals surface area contributed by atoms with Crippen molar-refractivity contribution >= 4 is 23.8 Å². The van der Waals surface area contributed by atoms with Gasteiger partial charge in [-0.15, -0.1) is 0 Å². The quantitative estimate of drug-likeness (QED) is 0.211. The maximum absolute atomic E-state index is 14.2. The van der Waals surface area contributed by atoms with Crippen molar-refractivity contribution in [2.24, 2.45) is 5.73 Å². The number of benzene rings is 2. The number of rotatable bonds is 16. The first-order valence-corrected chi connectivity index (χ1v) is 14.6. The normalized spacial score (nSPS) is 12.6. The van der Waals surface area contributed by atoms with Gasteiger partial charge in [-0.3, -0.25) is 14.4 Å². The maximum Gasteiger partial charge on any atom is 0.408 e. The molecule has 4 amide bonds. The second-order valence-electron chi connectivity index (χ2n) is 11.3. The van der Waals surface area contributed by atoms with Gasteiger partial charge in [0.15, 0.2) is 0 Å². The van der Waals surface area contributed by atoms with Gasteiger partial charge < -0.3 is 31.1 Å². The minimum absolute atomic E-state index is 0.0845. The zero-order chi connectivity index (χ0) is 31.1. The van der Waals surface area contributed by atoms with Crippen LogP contribution in [0.15, 0.2) is 54.6 Å². The number of ether oxygens (including phenoxy) is 1. The van der Waals surface area contributed by atoms with Gasteiger partial charge in [0.1, 0.15) is 23.4 Å². The molecule has 0 saturated carbocycles. The van der Waals surface area contributed by atoms with Gasteiger partial charge in [-0.2, -0.15) is 0 Å². The Morgan fingerprint density at radius 1 is 0.952 bits per heavy atom. The number of aromatic hydroxyl groups is 1. The van der Waals surface area contributed by atoms with Gasteiger partial charge >= 0.3 is 6.09 Å². The topological polar surface area (TPSA) is 151 Å². The lowest BCUT2D eigenvalue weighted by Crippen LogP contribution is -2.53. The molecule has 0 spiro atoms. The summed E-state index contributed by atoms with van der Waals surface area (Å²) in [6.07, 6.45) is 3.37. The van der Waals surface area contributed by atoms with E-state index in [0.717, 1.165) is 31.2 Å². The van der Waals surface area contributed by atoms with E-state index in [1.54, 1.807) is 39.0 Å². The van der Waals surface area contributed by atoms with E-state index in [-0.39, 0.29) is 37.2 Å². The van der Waals surface area contributed by atoms with Crippen LogP contribution in [0.3, 0.4) is 0 Å². The summed E-state index contributed by atoms with van der Waals surface area (Å²) < 4.78 is 5.37. The fourth-order valence-electron chi connectivity index (χ4n) is 4.50. The first-order chi connectivity index (χ1) is 19.9. The molecule has 10 nitrogen and oxygen atoms in total. The number of nitrogens with one attached hydrogen (secondary N) is 2. The second kappa shape index (κ2) is 17.0. The Balaban J connectivity index is 2.49. The summed E-state index contributed by atoms with van der Waals surface area (Å²) >= 11 is 0. The van der Waals surface area contributed by atoms with E-state index < -0.39 is 41.5 Å². The lowest BCUT2D eigenvalue weighted by Gasteiger charge is -2.35. The molecule has 5 N–H and O–H groups in total. The van der Waals surface area contributed by atoms with E-state index in [1.165, 1.54) is 11.0 Å². The standard InChI is InChI=1S/C32H46N4O6/c1-5-6-7-8-14-21-36(30(40)25(19-20-27(33)38)35-31(41)42-32(2,3)4)28(24-17-12-13-18-26(24)37)29(39)34-22-23-15-10-9-11-16-23/h9-13,15-18,25,28,37H,5-8,14,19-22H2,1-4H3,(H2,33,38)(H,34,39)(H,35,41). The Morgan fingerprint density at radius 3 is 2.21 bits per heavy atom. The van der Waals surface area contributed by atoms with E-state index in [4.69, 9.17) is 10.5 Å². The minimum atomic E-state index is -1.20. The smallest absolute Gasteiger partial charge is 0.408 e. The molecular weight excluding hydrogens is 536 g/mol. The van der Waals surface area contributed by atoms with E-state index in [1.807, 2.05) is 30.3 Å². The number of carbonyl (C=O) groups is 4. The molecule has 2 unspecified atom stereocenters. The molecular formula is C32H46N4O6.